The number of thioether (sulfide) groups is 1. The van der Waals surface area contributed by atoms with Gasteiger partial charge in [-0.15, -0.1) is 11.8 Å². The van der Waals surface area contributed by atoms with E-state index in [9.17, 15) is 9.59 Å². The highest BCUT2D eigenvalue weighted by molar-refractivity contribution is 8.00. The minimum absolute atomic E-state index is 0.0192. The summed E-state index contributed by atoms with van der Waals surface area (Å²) in [4.78, 5) is 29.3. The van der Waals surface area contributed by atoms with Gasteiger partial charge in [0.1, 0.15) is 18.0 Å². The Kier molecular flexibility index (Phi) is 5.91. The summed E-state index contributed by atoms with van der Waals surface area (Å²) in [6.07, 6.45) is 0. The van der Waals surface area contributed by atoms with Gasteiger partial charge in [0.15, 0.2) is 0 Å². The normalized spacial score (nSPS) is 13.1. The van der Waals surface area contributed by atoms with Crippen LogP contribution in [0.3, 0.4) is 0 Å². The highest BCUT2D eigenvalue weighted by atomic mass is 32.2. The van der Waals surface area contributed by atoms with Crippen molar-refractivity contribution in [3.8, 4) is 11.5 Å². The van der Waals surface area contributed by atoms with E-state index in [1.54, 1.807) is 37.1 Å². The molecule has 1 aliphatic rings. The first-order valence-electron chi connectivity index (χ1n) is 8.50. The molecule has 0 saturated carbocycles. The molecule has 142 valence electrons. The number of hydrogen-bond acceptors (Lipinski definition) is 5. The van der Waals surface area contributed by atoms with Gasteiger partial charge in [-0.1, -0.05) is 12.1 Å². The number of benzene rings is 2. The third-order valence-electron chi connectivity index (χ3n) is 4.43. The minimum atomic E-state index is -0.136. The number of methoxy groups -OCH3 is 2. The van der Waals surface area contributed by atoms with E-state index in [0.717, 1.165) is 16.1 Å². The number of anilines is 1. The van der Waals surface area contributed by atoms with Crippen LogP contribution in [-0.2, 0) is 16.1 Å². The van der Waals surface area contributed by atoms with Gasteiger partial charge in [-0.3, -0.25) is 9.59 Å². The largest absolute Gasteiger partial charge is 0.497 e. The van der Waals surface area contributed by atoms with Crippen LogP contribution < -0.4 is 14.4 Å². The van der Waals surface area contributed by atoms with Crippen LogP contribution in [0, 0.1) is 0 Å². The fourth-order valence-electron chi connectivity index (χ4n) is 2.91. The summed E-state index contributed by atoms with van der Waals surface area (Å²) in [6.45, 7) is 0.399. The molecule has 3 rings (SSSR count). The molecule has 27 heavy (non-hydrogen) atoms. The van der Waals surface area contributed by atoms with Crippen molar-refractivity contribution in [3.63, 3.8) is 0 Å². The van der Waals surface area contributed by atoms with Gasteiger partial charge in [-0.25, -0.2) is 0 Å². The number of nitrogens with zero attached hydrogens (tertiary/aromatic N) is 2. The Labute approximate surface area is 163 Å². The Balaban J connectivity index is 1.72. The smallest absolute Gasteiger partial charge is 0.242 e. The molecule has 0 spiro atoms. The van der Waals surface area contributed by atoms with Crippen LogP contribution in [0.4, 0.5) is 5.69 Å². The SMILES string of the molecule is COc1ccc(CN(C)C(=O)CN2C(=O)CSc3ccccc32)c(OC)c1. The van der Waals surface area contributed by atoms with Crippen LogP contribution in [0.1, 0.15) is 5.56 Å². The van der Waals surface area contributed by atoms with Crippen LogP contribution in [-0.4, -0.2) is 50.3 Å². The third-order valence-corrected chi connectivity index (χ3v) is 5.48. The van der Waals surface area contributed by atoms with Crippen molar-refractivity contribution >= 4 is 29.3 Å². The average molecular weight is 386 g/mol. The Morgan fingerprint density at radius 3 is 2.70 bits per heavy atom. The fraction of sp³-hybridized carbons (Fsp3) is 0.300. The van der Waals surface area contributed by atoms with Gasteiger partial charge in [-0.2, -0.15) is 0 Å². The lowest BCUT2D eigenvalue weighted by atomic mass is 10.1. The Morgan fingerprint density at radius 2 is 1.96 bits per heavy atom. The summed E-state index contributed by atoms with van der Waals surface area (Å²) < 4.78 is 10.6. The lowest BCUT2D eigenvalue weighted by molar-refractivity contribution is -0.130. The van der Waals surface area contributed by atoms with Crippen molar-refractivity contribution in [2.24, 2.45) is 0 Å². The molecule has 0 fully saturated rings. The Bertz CT molecular complexity index is 856. The number of fused-ring (bicyclic) bond motifs is 1. The van der Waals surface area contributed by atoms with Gasteiger partial charge < -0.3 is 19.3 Å². The number of hydrogen-bond donors (Lipinski definition) is 0. The quantitative estimate of drug-likeness (QED) is 0.764. The molecule has 0 radical (unpaired) electrons. The first-order valence-corrected chi connectivity index (χ1v) is 9.49. The second-order valence-electron chi connectivity index (χ2n) is 6.16. The van der Waals surface area contributed by atoms with E-state index in [1.165, 1.54) is 11.8 Å². The molecular weight excluding hydrogens is 364 g/mol. The maximum Gasteiger partial charge on any atom is 0.242 e. The maximum atomic E-state index is 12.8. The molecule has 0 atom stereocenters. The van der Waals surface area contributed by atoms with Crippen LogP contribution in [0.25, 0.3) is 0 Å². The summed E-state index contributed by atoms with van der Waals surface area (Å²) in [5.41, 5.74) is 1.66. The van der Waals surface area contributed by atoms with Crippen LogP contribution in [0.15, 0.2) is 47.4 Å². The molecule has 0 bridgehead atoms. The van der Waals surface area contributed by atoms with Crippen molar-refractivity contribution in [2.75, 3.05) is 38.5 Å². The number of carbonyl (C=O) groups excluding carboxylic acids is 2. The van der Waals surface area contributed by atoms with Gasteiger partial charge >= 0.3 is 0 Å². The molecular formula is C20H22N2O4S. The van der Waals surface area contributed by atoms with Crippen LogP contribution in [0.5, 0.6) is 11.5 Å². The zero-order valence-electron chi connectivity index (χ0n) is 15.6. The predicted molar refractivity (Wildman–Crippen MR) is 106 cm³/mol. The van der Waals surface area contributed by atoms with Gasteiger partial charge in [0.25, 0.3) is 0 Å². The summed E-state index contributed by atoms with van der Waals surface area (Å²) in [6, 6.07) is 13.1. The lowest BCUT2D eigenvalue weighted by Crippen LogP contribution is -2.43. The van der Waals surface area contributed by atoms with Crippen molar-refractivity contribution in [1.82, 2.24) is 4.90 Å². The van der Waals surface area contributed by atoms with E-state index in [2.05, 4.69) is 0 Å². The predicted octanol–water partition coefficient (Wildman–Crippen LogP) is 2.80. The van der Waals surface area contributed by atoms with E-state index in [-0.39, 0.29) is 18.4 Å². The second-order valence-corrected chi connectivity index (χ2v) is 7.18. The van der Waals surface area contributed by atoms with Crippen molar-refractivity contribution < 1.29 is 19.1 Å². The van der Waals surface area contributed by atoms with Gasteiger partial charge in [0, 0.05) is 30.1 Å². The first-order chi connectivity index (χ1) is 13.0. The minimum Gasteiger partial charge on any atom is -0.497 e. The van der Waals surface area contributed by atoms with Crippen LogP contribution in [0.2, 0.25) is 0 Å². The maximum absolute atomic E-state index is 12.8. The molecule has 6 nitrogen and oxygen atoms in total. The monoisotopic (exact) mass is 386 g/mol. The van der Waals surface area contributed by atoms with Crippen LogP contribution >= 0.6 is 11.8 Å². The molecule has 7 heteroatoms. The molecule has 2 amide bonds. The molecule has 2 aromatic carbocycles. The van der Waals surface area contributed by atoms with E-state index in [4.69, 9.17) is 9.47 Å². The van der Waals surface area contributed by atoms with E-state index >= 15 is 0 Å². The van der Waals surface area contributed by atoms with Gasteiger partial charge in [0.05, 0.1) is 25.7 Å². The molecule has 0 unspecified atom stereocenters. The van der Waals surface area contributed by atoms with E-state index in [0.29, 0.717) is 23.8 Å². The standard InChI is InChI=1S/C20H22N2O4S/c1-21(11-14-8-9-15(25-2)10-17(14)26-3)19(23)12-22-16-6-4-5-7-18(16)27-13-20(22)24/h4-10H,11-13H2,1-3H3. The molecule has 0 N–H and O–H groups in total. The van der Waals surface area contributed by atoms with E-state index in [1.807, 2.05) is 36.4 Å². The summed E-state index contributed by atoms with van der Waals surface area (Å²) in [5, 5.41) is 0. The Hall–Kier alpha value is -2.67. The van der Waals surface area contributed by atoms with Crippen molar-refractivity contribution in [1.29, 1.82) is 0 Å². The number of ether oxygens (including phenoxy) is 2. The number of para-hydroxylation sites is 1. The first kappa shape index (κ1) is 19.1. The topological polar surface area (TPSA) is 59.1 Å². The summed E-state index contributed by atoms with van der Waals surface area (Å²) in [5.74, 6) is 1.51. The molecule has 0 aromatic heterocycles. The molecule has 1 heterocycles. The average Bonchev–Trinajstić information content (AvgIpc) is 2.70. The molecule has 0 aliphatic carbocycles. The fourth-order valence-corrected chi connectivity index (χ4v) is 3.85. The highest BCUT2D eigenvalue weighted by Crippen LogP contribution is 2.34. The zero-order chi connectivity index (χ0) is 19.4. The van der Waals surface area contributed by atoms with Gasteiger partial charge in [-0.05, 0) is 24.3 Å². The number of rotatable bonds is 6. The lowest BCUT2D eigenvalue weighted by Gasteiger charge is -2.30. The van der Waals surface area contributed by atoms with Crippen molar-refractivity contribution in [2.45, 2.75) is 11.4 Å². The summed E-state index contributed by atoms with van der Waals surface area (Å²) in [7, 11) is 4.90. The second kappa shape index (κ2) is 8.35. The number of amides is 2. The molecule has 2 aromatic rings. The molecule has 1 aliphatic heterocycles. The number of likely N-dealkylation sites (N-methyl/N-ethyl adjacent to an activating group) is 1. The zero-order valence-corrected chi connectivity index (χ0v) is 16.4. The number of carbonyl (C=O) groups is 2. The Morgan fingerprint density at radius 1 is 1.19 bits per heavy atom. The van der Waals surface area contributed by atoms with Gasteiger partial charge in [0.2, 0.25) is 11.8 Å². The van der Waals surface area contributed by atoms with E-state index < -0.39 is 0 Å². The highest BCUT2D eigenvalue weighted by Gasteiger charge is 2.27. The summed E-state index contributed by atoms with van der Waals surface area (Å²) >= 11 is 1.50. The third kappa shape index (κ3) is 4.19. The molecule has 0 saturated heterocycles. The van der Waals surface area contributed by atoms with Crippen molar-refractivity contribution in [3.05, 3.63) is 48.0 Å².